The maximum Gasteiger partial charge on any atom is 0.138 e. The van der Waals surface area contributed by atoms with Crippen molar-refractivity contribution in [2.24, 2.45) is 11.3 Å². The second-order valence-corrected chi connectivity index (χ2v) is 5.10. The van der Waals surface area contributed by atoms with E-state index in [4.69, 9.17) is 4.74 Å². The molecule has 0 saturated carbocycles. The van der Waals surface area contributed by atoms with E-state index in [1.54, 1.807) is 7.11 Å². The van der Waals surface area contributed by atoms with Gasteiger partial charge < -0.3 is 4.74 Å². The molecule has 0 bridgehead atoms. The molecule has 1 unspecified atom stereocenters. The lowest BCUT2D eigenvalue weighted by Gasteiger charge is -2.18. The fourth-order valence-corrected chi connectivity index (χ4v) is 1.22. The van der Waals surface area contributed by atoms with E-state index in [1.165, 1.54) is 0 Å². The first-order valence-corrected chi connectivity index (χ1v) is 5.40. The number of methoxy groups -OCH3 is 1. The van der Waals surface area contributed by atoms with Gasteiger partial charge in [0.1, 0.15) is 5.78 Å². The zero-order valence-corrected chi connectivity index (χ0v) is 10.2. The Bertz CT molecular complexity index is 168. The molecule has 0 spiro atoms. The van der Waals surface area contributed by atoms with Gasteiger partial charge in [-0.25, -0.2) is 0 Å². The summed E-state index contributed by atoms with van der Waals surface area (Å²) in [6.07, 6.45) is 2.74. The van der Waals surface area contributed by atoms with Crippen LogP contribution >= 0.6 is 0 Å². The molecule has 0 N–H and O–H groups in total. The lowest BCUT2D eigenvalue weighted by atomic mass is 9.86. The van der Waals surface area contributed by atoms with Crippen molar-refractivity contribution in [3.8, 4) is 0 Å². The average Bonchev–Trinajstić information content (AvgIpc) is 2.09. The molecule has 2 heteroatoms. The third-order valence-corrected chi connectivity index (χ3v) is 2.52. The quantitative estimate of drug-likeness (QED) is 0.658. The molecule has 0 heterocycles. The Kier molecular flexibility index (Phi) is 6.01. The van der Waals surface area contributed by atoms with Gasteiger partial charge in [-0.15, -0.1) is 0 Å². The molecule has 0 aliphatic carbocycles. The van der Waals surface area contributed by atoms with Gasteiger partial charge in [0.2, 0.25) is 0 Å². The van der Waals surface area contributed by atoms with Gasteiger partial charge >= 0.3 is 0 Å². The van der Waals surface area contributed by atoms with Crippen LogP contribution in [0.5, 0.6) is 0 Å². The van der Waals surface area contributed by atoms with Crippen LogP contribution in [0.15, 0.2) is 0 Å². The number of rotatable bonds is 6. The van der Waals surface area contributed by atoms with E-state index in [1.807, 2.05) is 20.8 Å². The number of ether oxygens (including phenoxy) is 1. The van der Waals surface area contributed by atoms with Crippen LogP contribution in [0.2, 0.25) is 0 Å². The number of hydrogen-bond acceptors (Lipinski definition) is 2. The zero-order valence-electron chi connectivity index (χ0n) is 10.2. The molecular formula is C12H24O2. The highest BCUT2D eigenvalue weighted by molar-refractivity contribution is 5.83. The molecule has 1 atom stereocenters. The monoisotopic (exact) mass is 200 g/mol. The van der Waals surface area contributed by atoms with Crippen LogP contribution in [0.4, 0.5) is 0 Å². The van der Waals surface area contributed by atoms with Crippen molar-refractivity contribution in [1.29, 1.82) is 0 Å². The van der Waals surface area contributed by atoms with Gasteiger partial charge in [0.05, 0.1) is 0 Å². The van der Waals surface area contributed by atoms with E-state index in [-0.39, 0.29) is 5.41 Å². The topological polar surface area (TPSA) is 26.3 Å². The van der Waals surface area contributed by atoms with Crippen molar-refractivity contribution in [2.45, 2.75) is 47.0 Å². The maximum atomic E-state index is 11.6. The molecule has 0 amide bonds. The summed E-state index contributed by atoms with van der Waals surface area (Å²) in [6, 6.07) is 0. The Labute approximate surface area is 88.0 Å². The minimum atomic E-state index is -0.180. The molecule has 0 fully saturated rings. The predicted molar refractivity (Wildman–Crippen MR) is 59.4 cm³/mol. The summed E-state index contributed by atoms with van der Waals surface area (Å²) >= 11 is 0. The summed E-state index contributed by atoms with van der Waals surface area (Å²) in [5.41, 5.74) is -0.180. The van der Waals surface area contributed by atoms with Crippen LogP contribution in [-0.2, 0) is 9.53 Å². The molecule has 0 saturated heterocycles. The van der Waals surface area contributed by atoms with Gasteiger partial charge in [0.15, 0.2) is 0 Å². The number of hydrogen-bond donors (Lipinski definition) is 0. The first kappa shape index (κ1) is 13.6. The second kappa shape index (κ2) is 6.18. The Morgan fingerprint density at radius 2 is 1.86 bits per heavy atom. The molecule has 0 rings (SSSR count). The summed E-state index contributed by atoms with van der Waals surface area (Å²) in [5.74, 6) is 0.947. The van der Waals surface area contributed by atoms with Crippen LogP contribution in [-0.4, -0.2) is 19.5 Å². The fourth-order valence-electron chi connectivity index (χ4n) is 1.22. The van der Waals surface area contributed by atoms with Crippen LogP contribution in [0, 0.1) is 11.3 Å². The van der Waals surface area contributed by atoms with E-state index in [9.17, 15) is 4.79 Å². The molecule has 14 heavy (non-hydrogen) atoms. The summed E-state index contributed by atoms with van der Waals surface area (Å²) in [6.45, 7) is 8.92. The number of ketones is 1. The first-order chi connectivity index (χ1) is 6.38. The molecular weight excluding hydrogens is 176 g/mol. The largest absolute Gasteiger partial charge is 0.385 e. The predicted octanol–water partition coefficient (Wildman–Crippen LogP) is 3.05. The van der Waals surface area contributed by atoms with E-state index in [0.29, 0.717) is 18.1 Å². The Balaban J connectivity index is 3.67. The number of carbonyl (C=O) groups excluding carboxylic acids is 1. The van der Waals surface area contributed by atoms with E-state index < -0.39 is 0 Å². The third kappa shape index (κ3) is 6.14. The minimum absolute atomic E-state index is 0.180. The van der Waals surface area contributed by atoms with Gasteiger partial charge in [-0.05, 0) is 18.8 Å². The maximum absolute atomic E-state index is 11.6. The highest BCUT2D eigenvalue weighted by Crippen LogP contribution is 2.20. The van der Waals surface area contributed by atoms with Crippen molar-refractivity contribution in [3.63, 3.8) is 0 Å². The van der Waals surface area contributed by atoms with Crippen molar-refractivity contribution >= 4 is 5.78 Å². The van der Waals surface area contributed by atoms with Crippen molar-refractivity contribution in [1.82, 2.24) is 0 Å². The highest BCUT2D eigenvalue weighted by Gasteiger charge is 2.20. The van der Waals surface area contributed by atoms with Gasteiger partial charge in [0.25, 0.3) is 0 Å². The van der Waals surface area contributed by atoms with Crippen LogP contribution in [0.25, 0.3) is 0 Å². The van der Waals surface area contributed by atoms with Crippen LogP contribution < -0.4 is 0 Å². The van der Waals surface area contributed by atoms with Gasteiger partial charge in [-0.3, -0.25) is 4.79 Å². The fraction of sp³-hybridized carbons (Fsp3) is 0.917. The second-order valence-electron chi connectivity index (χ2n) is 5.10. The Morgan fingerprint density at radius 3 is 2.29 bits per heavy atom. The lowest BCUT2D eigenvalue weighted by Crippen LogP contribution is -2.20. The van der Waals surface area contributed by atoms with Gasteiger partial charge in [-0.1, -0.05) is 27.7 Å². The molecule has 0 aromatic heterocycles. The van der Waals surface area contributed by atoms with Crippen molar-refractivity contribution in [3.05, 3.63) is 0 Å². The van der Waals surface area contributed by atoms with Gasteiger partial charge in [0, 0.05) is 25.6 Å². The van der Waals surface area contributed by atoms with E-state index >= 15 is 0 Å². The lowest BCUT2D eigenvalue weighted by molar-refractivity contribution is -0.126. The minimum Gasteiger partial charge on any atom is -0.385 e. The molecule has 0 aliphatic heterocycles. The van der Waals surface area contributed by atoms with Crippen LogP contribution in [0.3, 0.4) is 0 Å². The molecule has 2 nitrogen and oxygen atoms in total. The summed E-state index contributed by atoms with van der Waals surface area (Å²) in [7, 11) is 1.72. The van der Waals surface area contributed by atoms with Crippen molar-refractivity contribution < 1.29 is 9.53 Å². The highest BCUT2D eigenvalue weighted by atomic mass is 16.5. The SMILES string of the molecule is COCCC(C)CCC(=O)C(C)(C)C. The average molecular weight is 200 g/mol. The molecule has 0 radical (unpaired) electrons. The number of carbonyl (C=O) groups is 1. The van der Waals surface area contributed by atoms with E-state index in [2.05, 4.69) is 6.92 Å². The molecule has 0 aromatic carbocycles. The summed E-state index contributed by atoms with van der Waals surface area (Å²) in [4.78, 5) is 11.6. The Morgan fingerprint density at radius 1 is 1.29 bits per heavy atom. The van der Waals surface area contributed by atoms with Crippen LogP contribution in [0.1, 0.15) is 47.0 Å². The molecule has 0 aromatic rings. The molecule has 0 aliphatic rings. The number of Topliss-reactive ketones (excluding diaryl/α,β-unsaturated/α-hetero) is 1. The van der Waals surface area contributed by atoms with Gasteiger partial charge in [-0.2, -0.15) is 0 Å². The van der Waals surface area contributed by atoms with Crippen molar-refractivity contribution in [2.75, 3.05) is 13.7 Å². The molecule has 84 valence electrons. The summed E-state index contributed by atoms with van der Waals surface area (Å²) < 4.78 is 5.00. The first-order valence-electron chi connectivity index (χ1n) is 5.40. The third-order valence-electron chi connectivity index (χ3n) is 2.52. The summed E-state index contributed by atoms with van der Waals surface area (Å²) in [5, 5.41) is 0. The zero-order chi connectivity index (χ0) is 11.2. The standard InChI is InChI=1S/C12H24O2/c1-10(8-9-14-5)6-7-11(13)12(2,3)4/h10H,6-9H2,1-5H3. The normalized spacial score (nSPS) is 14.1. The smallest absolute Gasteiger partial charge is 0.138 e. The Hall–Kier alpha value is -0.370. The van der Waals surface area contributed by atoms with E-state index in [0.717, 1.165) is 19.4 Å².